The van der Waals surface area contributed by atoms with Gasteiger partial charge < -0.3 is 9.26 Å². The van der Waals surface area contributed by atoms with Gasteiger partial charge >= 0.3 is 0 Å². The smallest absolute Gasteiger partial charge is 0.278 e. The van der Waals surface area contributed by atoms with Crippen LogP contribution in [0, 0.1) is 13.8 Å². The first kappa shape index (κ1) is 18.1. The Morgan fingerprint density at radius 3 is 2.66 bits per heavy atom. The minimum absolute atomic E-state index is 0.0682. The van der Waals surface area contributed by atoms with E-state index in [0.717, 1.165) is 16.8 Å². The summed E-state index contributed by atoms with van der Waals surface area (Å²) in [6, 6.07) is 15.8. The number of ether oxygens (including phenoxy) is 1. The van der Waals surface area contributed by atoms with E-state index in [0.29, 0.717) is 35.6 Å². The number of halogens is 1. The van der Waals surface area contributed by atoms with E-state index in [1.165, 1.54) is 11.1 Å². The molecule has 0 spiro atoms. The van der Waals surface area contributed by atoms with Crippen LogP contribution in [-0.4, -0.2) is 19.9 Å². The van der Waals surface area contributed by atoms with Gasteiger partial charge in [0.05, 0.1) is 18.8 Å². The number of rotatable bonds is 3. The van der Waals surface area contributed by atoms with Crippen molar-refractivity contribution < 1.29 is 9.26 Å². The molecule has 1 atom stereocenters. The van der Waals surface area contributed by atoms with Crippen molar-refractivity contribution in [3.63, 3.8) is 0 Å². The Kier molecular flexibility index (Phi) is 4.45. The van der Waals surface area contributed by atoms with Crippen molar-refractivity contribution in [1.29, 1.82) is 0 Å². The molecule has 1 unspecified atom stereocenters. The summed E-state index contributed by atoms with van der Waals surface area (Å²) >= 11 is 5.98. The largest absolute Gasteiger partial charge is 0.365 e. The van der Waals surface area contributed by atoms with Crippen LogP contribution >= 0.6 is 11.6 Å². The van der Waals surface area contributed by atoms with Crippen LogP contribution < -0.4 is 0 Å². The van der Waals surface area contributed by atoms with Crippen molar-refractivity contribution in [2.75, 3.05) is 0 Å². The summed E-state index contributed by atoms with van der Waals surface area (Å²) in [6.07, 6.45) is -0.0682. The average Bonchev–Trinajstić information content (AvgIpc) is 3.37. The van der Waals surface area contributed by atoms with E-state index in [-0.39, 0.29) is 6.10 Å². The average molecular weight is 407 g/mol. The zero-order valence-corrected chi connectivity index (χ0v) is 16.8. The van der Waals surface area contributed by atoms with E-state index in [2.05, 4.69) is 41.2 Å². The van der Waals surface area contributed by atoms with Crippen LogP contribution in [0.4, 0.5) is 0 Å². The van der Waals surface area contributed by atoms with E-state index < -0.39 is 0 Å². The third-order valence-corrected chi connectivity index (χ3v) is 5.54. The van der Waals surface area contributed by atoms with Gasteiger partial charge in [-0.25, -0.2) is 0 Å². The van der Waals surface area contributed by atoms with Gasteiger partial charge in [-0.05, 0) is 54.8 Å². The van der Waals surface area contributed by atoms with Crippen molar-refractivity contribution >= 4 is 11.6 Å². The molecule has 2 aromatic carbocycles. The first-order valence-electron chi connectivity index (χ1n) is 9.42. The lowest BCUT2D eigenvalue weighted by atomic mass is 10.1. The van der Waals surface area contributed by atoms with E-state index in [9.17, 15) is 0 Å². The predicted octanol–water partition coefficient (Wildman–Crippen LogP) is 5.14. The van der Waals surface area contributed by atoms with Gasteiger partial charge in [-0.1, -0.05) is 41.0 Å². The van der Waals surface area contributed by atoms with Crippen molar-refractivity contribution in [2.24, 2.45) is 0 Å². The molecule has 0 aliphatic carbocycles. The molecule has 6 nitrogen and oxygen atoms in total. The number of hydrogen-bond donors (Lipinski definition) is 0. The Labute approximate surface area is 173 Å². The lowest BCUT2D eigenvalue weighted by Crippen LogP contribution is -2.21. The molecule has 1 aliphatic rings. The van der Waals surface area contributed by atoms with Crippen molar-refractivity contribution in [3.05, 3.63) is 75.9 Å². The van der Waals surface area contributed by atoms with Crippen LogP contribution in [0.3, 0.4) is 0 Å². The maximum Gasteiger partial charge on any atom is 0.278 e. The molecule has 0 fully saturated rings. The normalized spacial score (nSPS) is 16.0. The lowest BCUT2D eigenvalue weighted by Gasteiger charge is -2.24. The number of aromatic nitrogens is 4. The third-order valence-electron chi connectivity index (χ3n) is 5.29. The van der Waals surface area contributed by atoms with Gasteiger partial charge in [-0.15, -0.1) is 0 Å². The molecule has 0 bridgehead atoms. The first-order valence-corrected chi connectivity index (χ1v) is 9.80. The van der Waals surface area contributed by atoms with Gasteiger partial charge in [-0.3, -0.25) is 4.68 Å². The fourth-order valence-corrected chi connectivity index (χ4v) is 3.56. The first-order chi connectivity index (χ1) is 14.1. The van der Waals surface area contributed by atoms with Gasteiger partial charge in [-0.2, -0.15) is 10.1 Å². The summed E-state index contributed by atoms with van der Waals surface area (Å²) in [6.45, 7) is 5.24. The van der Waals surface area contributed by atoms with E-state index in [4.69, 9.17) is 20.9 Å². The van der Waals surface area contributed by atoms with Gasteiger partial charge in [0.1, 0.15) is 6.10 Å². The summed E-state index contributed by atoms with van der Waals surface area (Å²) in [5.74, 6) is 0.965. The Morgan fingerprint density at radius 2 is 1.86 bits per heavy atom. The quantitative estimate of drug-likeness (QED) is 0.471. The van der Waals surface area contributed by atoms with Crippen LogP contribution in [0.25, 0.3) is 23.0 Å². The standard InChI is InChI=1S/C22H19ClN4O2/c1-13-3-4-16(9-14(13)2)21-24-22(29-26-21)19-10-18-12-28-20(11-27(18)25-19)15-5-7-17(23)8-6-15/h3-10,20H,11-12H2,1-2H3. The van der Waals surface area contributed by atoms with Crippen molar-refractivity contribution in [3.8, 4) is 23.0 Å². The van der Waals surface area contributed by atoms with Crippen LogP contribution in [-0.2, 0) is 17.9 Å². The number of benzene rings is 2. The van der Waals surface area contributed by atoms with Crippen LogP contribution in [0.2, 0.25) is 5.02 Å². The maximum atomic E-state index is 6.01. The Morgan fingerprint density at radius 1 is 1.03 bits per heavy atom. The highest BCUT2D eigenvalue weighted by atomic mass is 35.5. The summed E-state index contributed by atoms with van der Waals surface area (Å²) in [4.78, 5) is 4.54. The molecule has 0 saturated carbocycles. The zero-order valence-electron chi connectivity index (χ0n) is 16.1. The van der Waals surface area contributed by atoms with E-state index in [1.54, 1.807) is 0 Å². The SMILES string of the molecule is Cc1ccc(-c2noc(-c3cc4n(n3)CC(c3ccc(Cl)cc3)OC4)n2)cc1C. The van der Waals surface area contributed by atoms with Gasteiger partial charge in [0.25, 0.3) is 5.89 Å². The lowest BCUT2D eigenvalue weighted by molar-refractivity contribution is -0.00112. The highest BCUT2D eigenvalue weighted by molar-refractivity contribution is 6.30. The molecular formula is C22H19ClN4O2. The predicted molar refractivity (Wildman–Crippen MR) is 109 cm³/mol. The molecule has 0 N–H and O–H groups in total. The highest BCUT2D eigenvalue weighted by Crippen LogP contribution is 2.30. The van der Waals surface area contributed by atoms with Crippen molar-refractivity contribution in [1.82, 2.24) is 19.9 Å². The van der Waals surface area contributed by atoms with E-state index in [1.807, 2.05) is 41.1 Å². The molecule has 0 radical (unpaired) electrons. The van der Waals surface area contributed by atoms with Gasteiger partial charge in [0.15, 0.2) is 5.69 Å². The molecular weight excluding hydrogens is 388 g/mol. The summed E-state index contributed by atoms with van der Waals surface area (Å²) < 4.78 is 13.4. The summed E-state index contributed by atoms with van der Waals surface area (Å²) in [7, 11) is 0. The van der Waals surface area contributed by atoms with Crippen molar-refractivity contribution in [2.45, 2.75) is 33.1 Å². The second-order valence-electron chi connectivity index (χ2n) is 7.28. The highest BCUT2D eigenvalue weighted by Gasteiger charge is 2.24. The molecule has 1 aliphatic heterocycles. The minimum Gasteiger partial charge on any atom is -0.365 e. The molecule has 4 aromatic rings. The zero-order chi connectivity index (χ0) is 20.0. The molecule has 29 heavy (non-hydrogen) atoms. The number of hydrogen-bond acceptors (Lipinski definition) is 5. The van der Waals surface area contributed by atoms with Crippen LogP contribution in [0.5, 0.6) is 0 Å². The fraction of sp³-hybridized carbons (Fsp3) is 0.227. The van der Waals surface area contributed by atoms with Gasteiger partial charge in [0.2, 0.25) is 5.82 Å². The number of fused-ring (bicyclic) bond motifs is 1. The number of aryl methyl sites for hydroxylation is 2. The Hall–Kier alpha value is -2.96. The Bertz CT molecular complexity index is 1180. The second kappa shape index (κ2) is 7.13. The maximum absolute atomic E-state index is 6.01. The van der Waals surface area contributed by atoms with Crippen LogP contribution in [0.1, 0.15) is 28.5 Å². The second-order valence-corrected chi connectivity index (χ2v) is 7.71. The number of nitrogens with zero attached hydrogens (tertiary/aromatic N) is 4. The van der Waals surface area contributed by atoms with Gasteiger partial charge in [0, 0.05) is 10.6 Å². The molecule has 2 aromatic heterocycles. The molecule has 5 rings (SSSR count). The topological polar surface area (TPSA) is 66.0 Å². The molecule has 0 saturated heterocycles. The summed E-state index contributed by atoms with van der Waals surface area (Å²) in [5, 5.41) is 9.51. The van der Waals surface area contributed by atoms with Crippen LogP contribution in [0.15, 0.2) is 53.1 Å². The molecule has 0 amide bonds. The minimum atomic E-state index is -0.0682. The van der Waals surface area contributed by atoms with E-state index >= 15 is 0 Å². The fourth-order valence-electron chi connectivity index (χ4n) is 3.43. The monoisotopic (exact) mass is 406 g/mol. The summed E-state index contributed by atoms with van der Waals surface area (Å²) in [5.41, 5.74) is 6.07. The molecule has 146 valence electrons. The molecule has 7 heteroatoms. The third kappa shape index (κ3) is 3.45. The Balaban J connectivity index is 1.40. The molecule has 3 heterocycles.